The molecule has 0 radical (unpaired) electrons. The summed E-state index contributed by atoms with van der Waals surface area (Å²) in [5.74, 6) is 0.596. The fourth-order valence-corrected chi connectivity index (χ4v) is 1.56. The molecule has 0 amide bonds. The molecule has 0 unspecified atom stereocenters. The minimum absolute atomic E-state index is 0.345. The third-order valence-electron chi connectivity index (χ3n) is 2.88. The van der Waals surface area contributed by atoms with E-state index < -0.39 is 12.0 Å². The summed E-state index contributed by atoms with van der Waals surface area (Å²) in [7, 11) is 0. The number of rotatable bonds is 6. The number of carboxylic acids is 1. The number of aliphatic carboxylic acids is 1. The van der Waals surface area contributed by atoms with Crippen molar-refractivity contribution in [3.63, 3.8) is 0 Å². The molecule has 4 heteroatoms. The van der Waals surface area contributed by atoms with Crippen LogP contribution in [-0.2, 0) is 11.2 Å². The van der Waals surface area contributed by atoms with Gasteiger partial charge in [0.15, 0.2) is 0 Å². The van der Waals surface area contributed by atoms with E-state index in [0.29, 0.717) is 6.42 Å². The highest BCUT2D eigenvalue weighted by Crippen LogP contribution is 2.29. The fraction of sp³-hybridized carbons (Fsp3) is 0.462. The maximum Gasteiger partial charge on any atom is 0.320 e. The number of carbonyl (C=O) groups is 1. The first-order valence-electron chi connectivity index (χ1n) is 5.85. The van der Waals surface area contributed by atoms with Crippen LogP contribution in [0.4, 0.5) is 0 Å². The summed E-state index contributed by atoms with van der Waals surface area (Å²) < 4.78 is 5.59. The van der Waals surface area contributed by atoms with Gasteiger partial charge in [-0.3, -0.25) is 4.79 Å². The molecule has 2 rings (SSSR count). The van der Waals surface area contributed by atoms with Gasteiger partial charge in [-0.1, -0.05) is 12.1 Å². The second-order valence-corrected chi connectivity index (χ2v) is 4.55. The molecule has 1 aromatic rings. The van der Waals surface area contributed by atoms with Gasteiger partial charge in [0.05, 0.1) is 6.61 Å². The summed E-state index contributed by atoms with van der Waals surface area (Å²) in [5.41, 5.74) is 6.38. The summed E-state index contributed by atoms with van der Waals surface area (Å²) >= 11 is 0. The van der Waals surface area contributed by atoms with E-state index in [2.05, 4.69) is 0 Å². The van der Waals surface area contributed by atoms with Crippen molar-refractivity contribution >= 4 is 5.97 Å². The molecule has 1 aromatic carbocycles. The van der Waals surface area contributed by atoms with Crippen molar-refractivity contribution in [1.82, 2.24) is 0 Å². The van der Waals surface area contributed by atoms with Gasteiger partial charge in [-0.15, -0.1) is 0 Å². The molecule has 17 heavy (non-hydrogen) atoms. The van der Waals surface area contributed by atoms with Crippen molar-refractivity contribution in [2.45, 2.75) is 25.3 Å². The van der Waals surface area contributed by atoms with Crippen molar-refractivity contribution in [3.05, 3.63) is 29.8 Å². The lowest BCUT2D eigenvalue weighted by atomic mass is 10.1. The molecule has 0 heterocycles. The molecule has 92 valence electrons. The molecule has 1 fully saturated rings. The highest BCUT2D eigenvalue weighted by molar-refractivity contribution is 5.73. The van der Waals surface area contributed by atoms with Crippen LogP contribution in [0.1, 0.15) is 18.4 Å². The monoisotopic (exact) mass is 235 g/mol. The van der Waals surface area contributed by atoms with Gasteiger partial charge in [0.2, 0.25) is 0 Å². The minimum atomic E-state index is -0.973. The van der Waals surface area contributed by atoms with Crippen molar-refractivity contribution in [3.8, 4) is 5.75 Å². The van der Waals surface area contributed by atoms with E-state index in [9.17, 15) is 4.79 Å². The van der Waals surface area contributed by atoms with E-state index in [1.807, 2.05) is 24.3 Å². The SMILES string of the molecule is N[C@@H](Cc1ccc(OCC2CC2)cc1)C(=O)O. The Balaban J connectivity index is 1.85. The van der Waals surface area contributed by atoms with Gasteiger partial charge in [-0.05, 0) is 42.9 Å². The predicted octanol–water partition coefficient (Wildman–Crippen LogP) is 1.43. The average Bonchev–Trinajstić information content (AvgIpc) is 3.12. The van der Waals surface area contributed by atoms with Gasteiger partial charge in [0.25, 0.3) is 0 Å². The van der Waals surface area contributed by atoms with Crippen LogP contribution in [0.5, 0.6) is 5.75 Å². The van der Waals surface area contributed by atoms with Crippen LogP contribution >= 0.6 is 0 Å². The highest BCUT2D eigenvalue weighted by Gasteiger charge is 2.21. The van der Waals surface area contributed by atoms with Crippen LogP contribution in [0.2, 0.25) is 0 Å². The Bertz CT molecular complexity index is 384. The number of hydrogen-bond acceptors (Lipinski definition) is 3. The molecule has 3 N–H and O–H groups in total. The number of ether oxygens (including phenoxy) is 1. The van der Waals surface area contributed by atoms with Crippen LogP contribution in [0.15, 0.2) is 24.3 Å². The second kappa shape index (κ2) is 5.19. The van der Waals surface area contributed by atoms with Gasteiger partial charge in [-0.25, -0.2) is 0 Å². The van der Waals surface area contributed by atoms with Crippen molar-refractivity contribution in [2.24, 2.45) is 11.7 Å². The van der Waals surface area contributed by atoms with Crippen molar-refractivity contribution < 1.29 is 14.6 Å². The molecular formula is C13H17NO3. The molecule has 0 saturated heterocycles. The molecule has 1 atom stereocenters. The average molecular weight is 235 g/mol. The van der Waals surface area contributed by atoms with Crippen LogP contribution in [0.3, 0.4) is 0 Å². The molecule has 0 bridgehead atoms. The maximum absolute atomic E-state index is 10.6. The van der Waals surface area contributed by atoms with Gasteiger partial charge in [-0.2, -0.15) is 0 Å². The largest absolute Gasteiger partial charge is 0.493 e. The Morgan fingerprint density at radius 3 is 2.59 bits per heavy atom. The van der Waals surface area contributed by atoms with Crippen LogP contribution in [0.25, 0.3) is 0 Å². The Kier molecular flexibility index (Phi) is 3.64. The molecule has 1 aliphatic carbocycles. The van der Waals surface area contributed by atoms with Gasteiger partial charge in [0.1, 0.15) is 11.8 Å². The number of nitrogens with two attached hydrogens (primary N) is 1. The Hall–Kier alpha value is -1.55. The summed E-state index contributed by atoms with van der Waals surface area (Å²) in [4.78, 5) is 10.6. The van der Waals surface area contributed by atoms with E-state index in [0.717, 1.165) is 23.8 Å². The second-order valence-electron chi connectivity index (χ2n) is 4.55. The third-order valence-corrected chi connectivity index (χ3v) is 2.88. The third kappa shape index (κ3) is 3.75. The van der Waals surface area contributed by atoms with E-state index in [4.69, 9.17) is 15.6 Å². The molecule has 4 nitrogen and oxygen atoms in total. The van der Waals surface area contributed by atoms with E-state index in [-0.39, 0.29) is 0 Å². The Labute approximate surface area is 100 Å². The lowest BCUT2D eigenvalue weighted by molar-refractivity contribution is -0.138. The zero-order valence-electron chi connectivity index (χ0n) is 9.63. The molecule has 0 aliphatic heterocycles. The molecule has 1 aliphatic rings. The van der Waals surface area contributed by atoms with Gasteiger partial charge >= 0.3 is 5.97 Å². The lowest BCUT2D eigenvalue weighted by Crippen LogP contribution is -2.32. The zero-order chi connectivity index (χ0) is 12.3. The first-order valence-corrected chi connectivity index (χ1v) is 5.85. The zero-order valence-corrected chi connectivity index (χ0v) is 9.63. The van der Waals surface area contributed by atoms with Crippen LogP contribution in [0, 0.1) is 5.92 Å². The van der Waals surface area contributed by atoms with E-state index >= 15 is 0 Å². The number of hydrogen-bond donors (Lipinski definition) is 2. The summed E-state index contributed by atoms with van der Waals surface area (Å²) in [6.45, 7) is 0.786. The molecule has 0 spiro atoms. The molecule has 1 saturated carbocycles. The topological polar surface area (TPSA) is 72.5 Å². The summed E-state index contributed by atoms with van der Waals surface area (Å²) in [6, 6.07) is 6.63. The van der Waals surface area contributed by atoms with Crippen LogP contribution < -0.4 is 10.5 Å². The van der Waals surface area contributed by atoms with Crippen LogP contribution in [-0.4, -0.2) is 23.7 Å². The first-order chi connectivity index (χ1) is 8.15. The number of benzene rings is 1. The van der Waals surface area contributed by atoms with Crippen molar-refractivity contribution in [1.29, 1.82) is 0 Å². The quantitative estimate of drug-likeness (QED) is 0.782. The smallest absolute Gasteiger partial charge is 0.320 e. The standard InChI is InChI=1S/C13H17NO3/c14-12(13(15)16)7-9-3-5-11(6-4-9)17-8-10-1-2-10/h3-6,10,12H,1-2,7-8,14H2,(H,15,16)/t12-/m0/s1. The van der Waals surface area contributed by atoms with E-state index in [1.165, 1.54) is 12.8 Å². The summed E-state index contributed by atoms with van der Waals surface area (Å²) in [5, 5.41) is 8.70. The minimum Gasteiger partial charge on any atom is -0.493 e. The van der Waals surface area contributed by atoms with E-state index in [1.54, 1.807) is 0 Å². The fourth-order valence-electron chi connectivity index (χ4n) is 1.56. The van der Waals surface area contributed by atoms with Crippen molar-refractivity contribution in [2.75, 3.05) is 6.61 Å². The maximum atomic E-state index is 10.6. The predicted molar refractivity (Wildman–Crippen MR) is 64.0 cm³/mol. The van der Waals surface area contributed by atoms with Gasteiger partial charge < -0.3 is 15.6 Å². The first kappa shape index (κ1) is 11.9. The number of carboxylic acid groups (broad SMARTS) is 1. The summed E-state index contributed by atoms with van der Waals surface area (Å²) in [6.07, 6.45) is 2.88. The Morgan fingerprint density at radius 1 is 1.41 bits per heavy atom. The highest BCUT2D eigenvalue weighted by atomic mass is 16.5. The van der Waals surface area contributed by atoms with Gasteiger partial charge in [0, 0.05) is 0 Å². The normalized spacial score (nSPS) is 16.5. The Morgan fingerprint density at radius 2 is 2.06 bits per heavy atom. The molecular weight excluding hydrogens is 218 g/mol. The molecule has 0 aromatic heterocycles. The lowest BCUT2D eigenvalue weighted by Gasteiger charge is -2.08.